The minimum absolute atomic E-state index is 0.0464. The second-order valence-electron chi connectivity index (χ2n) is 7.98. The van der Waals surface area contributed by atoms with E-state index in [1.54, 1.807) is 50.5 Å². The summed E-state index contributed by atoms with van der Waals surface area (Å²) in [6.45, 7) is 2.36. The third kappa shape index (κ3) is 5.41. The van der Waals surface area contributed by atoms with Gasteiger partial charge in [0, 0.05) is 31.7 Å². The highest BCUT2D eigenvalue weighted by atomic mass is 16.5. The number of aromatic nitrogens is 2. The zero-order valence-electron chi connectivity index (χ0n) is 20.4. The minimum Gasteiger partial charge on any atom is -0.493 e. The molecule has 186 valence electrons. The van der Waals surface area contributed by atoms with E-state index < -0.39 is 0 Å². The number of methoxy groups -OCH3 is 3. The molecule has 0 N–H and O–H groups in total. The summed E-state index contributed by atoms with van der Waals surface area (Å²) in [5, 5.41) is 17.7. The van der Waals surface area contributed by atoms with E-state index in [1.165, 1.54) is 0 Å². The highest BCUT2D eigenvalue weighted by molar-refractivity contribution is 5.78. The van der Waals surface area contributed by atoms with Gasteiger partial charge in [0.2, 0.25) is 5.75 Å². The highest BCUT2D eigenvalue weighted by Gasteiger charge is 2.23. The molecule has 0 bridgehead atoms. The Kier molecular flexibility index (Phi) is 7.70. The quantitative estimate of drug-likeness (QED) is 0.472. The lowest BCUT2D eigenvalue weighted by Gasteiger charge is -2.35. The lowest BCUT2D eigenvalue weighted by molar-refractivity contribution is -0.133. The molecule has 1 aromatic heterocycles. The summed E-state index contributed by atoms with van der Waals surface area (Å²) in [5.41, 5.74) is 2.01. The van der Waals surface area contributed by atoms with Crippen LogP contribution in [-0.4, -0.2) is 75.1 Å². The Balaban J connectivity index is 1.34. The van der Waals surface area contributed by atoms with Gasteiger partial charge >= 0.3 is 0 Å². The fourth-order valence-corrected chi connectivity index (χ4v) is 3.92. The molecule has 3 aromatic rings. The maximum atomic E-state index is 12.6. The molecule has 10 nitrogen and oxygen atoms in total. The van der Waals surface area contributed by atoms with E-state index >= 15 is 0 Å². The Morgan fingerprint density at radius 2 is 1.58 bits per heavy atom. The summed E-state index contributed by atoms with van der Waals surface area (Å²) in [6, 6.07) is 16.2. The minimum atomic E-state index is -0.0807. The summed E-state index contributed by atoms with van der Waals surface area (Å²) in [4.78, 5) is 16.4. The number of rotatable bonds is 8. The van der Waals surface area contributed by atoms with Gasteiger partial charge < -0.3 is 28.7 Å². The summed E-state index contributed by atoms with van der Waals surface area (Å²) in [5.74, 6) is 2.82. The zero-order valence-corrected chi connectivity index (χ0v) is 20.4. The van der Waals surface area contributed by atoms with Crippen LogP contribution in [0.1, 0.15) is 5.56 Å². The van der Waals surface area contributed by atoms with E-state index in [4.69, 9.17) is 24.2 Å². The average molecular weight is 490 g/mol. The highest BCUT2D eigenvalue weighted by Crippen LogP contribution is 2.40. The molecule has 0 radical (unpaired) electrons. The molecule has 10 heteroatoms. The number of ether oxygens (including phenoxy) is 4. The molecule has 0 unspecified atom stereocenters. The molecule has 1 aliphatic rings. The number of carbonyl (C=O) groups is 1. The lowest BCUT2D eigenvalue weighted by Crippen LogP contribution is -2.50. The Morgan fingerprint density at radius 1 is 0.917 bits per heavy atom. The Morgan fingerprint density at radius 3 is 2.11 bits per heavy atom. The van der Waals surface area contributed by atoms with Crippen LogP contribution in [0.4, 0.5) is 5.82 Å². The van der Waals surface area contributed by atoms with E-state index in [-0.39, 0.29) is 12.5 Å². The van der Waals surface area contributed by atoms with E-state index in [9.17, 15) is 4.79 Å². The zero-order chi connectivity index (χ0) is 25.5. The van der Waals surface area contributed by atoms with Crippen LogP contribution in [0, 0.1) is 11.3 Å². The number of nitrogens with zero attached hydrogens (tertiary/aromatic N) is 5. The van der Waals surface area contributed by atoms with Gasteiger partial charge in [-0.15, -0.1) is 10.2 Å². The number of nitriles is 1. The van der Waals surface area contributed by atoms with Crippen molar-refractivity contribution in [3.8, 4) is 40.3 Å². The van der Waals surface area contributed by atoms with Gasteiger partial charge in [0.1, 0.15) is 5.75 Å². The van der Waals surface area contributed by atoms with Gasteiger partial charge in [-0.05, 0) is 48.5 Å². The van der Waals surface area contributed by atoms with Gasteiger partial charge in [-0.1, -0.05) is 0 Å². The summed E-state index contributed by atoms with van der Waals surface area (Å²) in [7, 11) is 4.70. The molecule has 0 spiro atoms. The maximum absolute atomic E-state index is 12.6. The average Bonchev–Trinajstić information content (AvgIpc) is 2.95. The lowest BCUT2D eigenvalue weighted by atomic mass is 10.1. The Hall–Kier alpha value is -4.52. The Bertz CT molecular complexity index is 1210. The van der Waals surface area contributed by atoms with Crippen molar-refractivity contribution in [3.63, 3.8) is 0 Å². The molecule has 1 amide bonds. The van der Waals surface area contributed by atoms with Gasteiger partial charge in [-0.2, -0.15) is 5.26 Å². The van der Waals surface area contributed by atoms with Crippen LogP contribution in [0.25, 0.3) is 11.3 Å². The SMILES string of the molecule is COc1cc(-c2ccc(N3CCN(C(=O)COc4ccc(C#N)cc4)CC3)nn2)cc(OC)c1OC. The van der Waals surface area contributed by atoms with Crippen LogP contribution in [0.2, 0.25) is 0 Å². The fourth-order valence-electron chi connectivity index (χ4n) is 3.92. The van der Waals surface area contributed by atoms with Crippen molar-refractivity contribution in [2.24, 2.45) is 0 Å². The fraction of sp³-hybridized carbons (Fsp3) is 0.308. The van der Waals surface area contributed by atoms with E-state index in [1.807, 2.05) is 24.3 Å². The summed E-state index contributed by atoms with van der Waals surface area (Å²) >= 11 is 0. The van der Waals surface area contributed by atoms with E-state index in [0.717, 1.165) is 11.4 Å². The maximum Gasteiger partial charge on any atom is 0.260 e. The molecule has 2 heterocycles. The van der Waals surface area contributed by atoms with Gasteiger partial charge in [0.25, 0.3) is 5.91 Å². The number of carbonyl (C=O) groups excluding carboxylic acids is 1. The molecule has 0 saturated carbocycles. The molecule has 36 heavy (non-hydrogen) atoms. The number of piperazine rings is 1. The third-order valence-electron chi connectivity index (χ3n) is 5.91. The normalized spacial score (nSPS) is 13.1. The van der Waals surface area contributed by atoms with Gasteiger partial charge in [0.15, 0.2) is 23.9 Å². The molecule has 1 saturated heterocycles. The van der Waals surface area contributed by atoms with Crippen molar-refractivity contribution in [1.82, 2.24) is 15.1 Å². The first-order chi connectivity index (χ1) is 17.6. The van der Waals surface area contributed by atoms with Crippen LogP contribution < -0.4 is 23.8 Å². The second-order valence-corrected chi connectivity index (χ2v) is 7.98. The molecular weight excluding hydrogens is 462 g/mol. The van der Waals surface area contributed by atoms with Crippen molar-refractivity contribution in [3.05, 3.63) is 54.1 Å². The van der Waals surface area contributed by atoms with Crippen LogP contribution in [-0.2, 0) is 4.79 Å². The van der Waals surface area contributed by atoms with Gasteiger partial charge in [-0.3, -0.25) is 4.79 Å². The summed E-state index contributed by atoms with van der Waals surface area (Å²) in [6.07, 6.45) is 0. The first-order valence-corrected chi connectivity index (χ1v) is 11.4. The number of benzene rings is 2. The molecule has 0 atom stereocenters. The largest absolute Gasteiger partial charge is 0.493 e. The van der Waals surface area contributed by atoms with Crippen molar-refractivity contribution in [1.29, 1.82) is 5.26 Å². The third-order valence-corrected chi connectivity index (χ3v) is 5.91. The predicted octanol–water partition coefficient (Wildman–Crippen LogP) is 2.77. The van der Waals surface area contributed by atoms with E-state index in [2.05, 4.69) is 21.2 Å². The molecular formula is C26H27N5O5. The van der Waals surface area contributed by atoms with Crippen molar-refractivity contribution in [2.75, 3.05) is 59.0 Å². The molecule has 4 rings (SSSR count). The monoisotopic (exact) mass is 489 g/mol. The standard InChI is InChI=1S/C26H27N5O5/c1-33-22-14-19(15-23(34-2)26(22)35-3)21-8-9-24(29-28-21)30-10-12-31(13-11-30)25(32)17-36-20-6-4-18(16-27)5-7-20/h4-9,14-15H,10-13,17H2,1-3H3. The van der Waals surface area contributed by atoms with Gasteiger partial charge in [-0.25, -0.2) is 0 Å². The summed E-state index contributed by atoms with van der Waals surface area (Å²) < 4.78 is 21.8. The van der Waals surface area contributed by atoms with E-state index in [0.29, 0.717) is 60.4 Å². The number of anilines is 1. The van der Waals surface area contributed by atoms with Crippen molar-refractivity contribution in [2.45, 2.75) is 0 Å². The molecule has 2 aromatic carbocycles. The first kappa shape index (κ1) is 24.6. The van der Waals surface area contributed by atoms with Crippen LogP contribution in [0.5, 0.6) is 23.0 Å². The second kappa shape index (κ2) is 11.3. The van der Waals surface area contributed by atoms with Crippen molar-refractivity contribution < 1.29 is 23.7 Å². The van der Waals surface area contributed by atoms with Crippen LogP contribution in [0.3, 0.4) is 0 Å². The molecule has 1 aliphatic heterocycles. The first-order valence-electron chi connectivity index (χ1n) is 11.4. The number of amides is 1. The van der Waals surface area contributed by atoms with Gasteiger partial charge in [0.05, 0.1) is 38.7 Å². The molecule has 1 fully saturated rings. The smallest absolute Gasteiger partial charge is 0.260 e. The van der Waals surface area contributed by atoms with Crippen LogP contribution >= 0.6 is 0 Å². The Labute approximate surface area is 209 Å². The number of hydrogen-bond acceptors (Lipinski definition) is 9. The van der Waals surface area contributed by atoms with Crippen LogP contribution in [0.15, 0.2) is 48.5 Å². The topological polar surface area (TPSA) is 110 Å². The molecule has 0 aliphatic carbocycles. The predicted molar refractivity (Wildman–Crippen MR) is 133 cm³/mol. The number of hydrogen-bond donors (Lipinski definition) is 0. The van der Waals surface area contributed by atoms with Crippen molar-refractivity contribution >= 4 is 11.7 Å².